The first kappa shape index (κ1) is 8.05. The maximum absolute atomic E-state index is 11.7. The van der Waals surface area contributed by atoms with Crippen LogP contribution in [-0.4, -0.2) is 37.1 Å². The van der Waals surface area contributed by atoms with Crippen molar-refractivity contribution in [2.75, 3.05) is 20.3 Å². The highest BCUT2D eigenvalue weighted by molar-refractivity contribution is 5.79. The lowest BCUT2D eigenvalue weighted by Gasteiger charge is -2.19. The molecule has 2 rings (SSSR count). The average Bonchev–Trinajstić information content (AvgIpc) is 2.79. The molecule has 1 atom stereocenters. The summed E-state index contributed by atoms with van der Waals surface area (Å²) in [5, 5.41) is 0. The molecule has 2 fully saturated rings. The minimum absolute atomic E-state index is 0.149. The summed E-state index contributed by atoms with van der Waals surface area (Å²) in [6, 6.07) is 0.540. The van der Waals surface area contributed by atoms with Crippen LogP contribution in [0.25, 0.3) is 0 Å². The number of hydrogen-bond acceptors (Lipinski definition) is 2. The molecular weight excluding hydrogens is 154 g/mol. The van der Waals surface area contributed by atoms with Gasteiger partial charge in [-0.3, -0.25) is 4.79 Å². The summed E-state index contributed by atoms with van der Waals surface area (Å²) in [6.07, 6.45) is 3.29. The lowest BCUT2D eigenvalue weighted by atomic mass is 10.1. The molecule has 2 aliphatic rings. The Labute approximate surface area is 72.7 Å². The van der Waals surface area contributed by atoms with Gasteiger partial charge in [0.25, 0.3) is 0 Å². The second kappa shape index (κ2) is 3.05. The van der Waals surface area contributed by atoms with E-state index in [-0.39, 0.29) is 11.8 Å². The minimum Gasteiger partial charge on any atom is -0.381 e. The molecule has 12 heavy (non-hydrogen) atoms. The van der Waals surface area contributed by atoms with Crippen molar-refractivity contribution < 1.29 is 9.53 Å². The van der Waals surface area contributed by atoms with Crippen molar-refractivity contribution in [2.24, 2.45) is 5.92 Å². The van der Waals surface area contributed by atoms with E-state index < -0.39 is 0 Å². The molecule has 1 amide bonds. The largest absolute Gasteiger partial charge is 0.381 e. The molecule has 0 spiro atoms. The van der Waals surface area contributed by atoms with E-state index >= 15 is 0 Å². The van der Waals surface area contributed by atoms with Crippen molar-refractivity contribution in [2.45, 2.75) is 25.3 Å². The molecule has 0 aromatic heterocycles. The van der Waals surface area contributed by atoms with Gasteiger partial charge in [-0.05, 0) is 19.3 Å². The van der Waals surface area contributed by atoms with Gasteiger partial charge in [-0.15, -0.1) is 0 Å². The number of nitrogens with zero attached hydrogens (tertiary/aromatic N) is 1. The van der Waals surface area contributed by atoms with Gasteiger partial charge in [-0.25, -0.2) is 0 Å². The van der Waals surface area contributed by atoms with Crippen LogP contribution in [0.15, 0.2) is 0 Å². The Kier molecular flexibility index (Phi) is 2.05. The summed E-state index contributed by atoms with van der Waals surface area (Å²) in [4.78, 5) is 13.6. The minimum atomic E-state index is 0.149. The first-order valence-corrected chi connectivity index (χ1v) is 4.63. The first-order chi connectivity index (χ1) is 5.79. The van der Waals surface area contributed by atoms with Crippen LogP contribution in [0.1, 0.15) is 19.3 Å². The molecule has 1 heterocycles. The van der Waals surface area contributed by atoms with E-state index in [2.05, 4.69) is 0 Å². The zero-order chi connectivity index (χ0) is 8.55. The van der Waals surface area contributed by atoms with Crippen molar-refractivity contribution in [1.29, 1.82) is 0 Å². The van der Waals surface area contributed by atoms with Gasteiger partial charge in [-0.2, -0.15) is 0 Å². The summed E-state index contributed by atoms with van der Waals surface area (Å²) >= 11 is 0. The Balaban J connectivity index is 1.88. The van der Waals surface area contributed by atoms with Crippen molar-refractivity contribution >= 4 is 5.91 Å². The van der Waals surface area contributed by atoms with Gasteiger partial charge in [-0.1, -0.05) is 0 Å². The molecule has 3 heteroatoms. The van der Waals surface area contributed by atoms with Crippen LogP contribution in [0.2, 0.25) is 0 Å². The van der Waals surface area contributed by atoms with E-state index in [4.69, 9.17) is 4.74 Å². The number of carbonyl (C=O) groups is 1. The van der Waals surface area contributed by atoms with Crippen LogP contribution in [0.3, 0.4) is 0 Å². The molecule has 0 aromatic rings. The third kappa shape index (κ3) is 1.46. The monoisotopic (exact) mass is 169 g/mol. The zero-order valence-electron chi connectivity index (χ0n) is 7.45. The highest BCUT2D eigenvalue weighted by Crippen LogP contribution is 2.27. The highest BCUT2D eigenvalue weighted by Gasteiger charge is 2.34. The Morgan fingerprint density at radius 1 is 1.42 bits per heavy atom. The Morgan fingerprint density at radius 3 is 2.67 bits per heavy atom. The summed E-state index contributed by atoms with van der Waals surface area (Å²) in [6.45, 7) is 1.39. The third-order valence-electron chi connectivity index (χ3n) is 2.72. The molecule has 1 unspecified atom stereocenters. The Morgan fingerprint density at radius 2 is 2.17 bits per heavy atom. The van der Waals surface area contributed by atoms with Gasteiger partial charge in [0.1, 0.15) is 0 Å². The van der Waals surface area contributed by atoms with Gasteiger partial charge in [0, 0.05) is 19.7 Å². The van der Waals surface area contributed by atoms with Crippen molar-refractivity contribution in [3.63, 3.8) is 0 Å². The zero-order valence-corrected chi connectivity index (χ0v) is 7.45. The highest BCUT2D eigenvalue weighted by atomic mass is 16.5. The summed E-state index contributed by atoms with van der Waals surface area (Å²) < 4.78 is 5.18. The second-order valence-electron chi connectivity index (χ2n) is 3.74. The molecule has 1 saturated carbocycles. The molecule has 1 aliphatic carbocycles. The fraction of sp³-hybridized carbons (Fsp3) is 0.889. The molecule has 68 valence electrons. The fourth-order valence-electron chi connectivity index (χ4n) is 1.66. The van der Waals surface area contributed by atoms with E-state index in [1.165, 1.54) is 12.8 Å². The predicted octanol–water partition coefficient (Wildman–Crippen LogP) is 0.644. The van der Waals surface area contributed by atoms with Gasteiger partial charge >= 0.3 is 0 Å². The van der Waals surface area contributed by atoms with Gasteiger partial charge < -0.3 is 9.64 Å². The molecule has 0 bridgehead atoms. The number of hydrogen-bond donors (Lipinski definition) is 0. The molecule has 3 nitrogen and oxygen atoms in total. The lowest BCUT2D eigenvalue weighted by molar-refractivity contribution is -0.134. The molecular formula is C9H15NO2. The van der Waals surface area contributed by atoms with E-state index in [1.54, 1.807) is 0 Å². The van der Waals surface area contributed by atoms with Crippen LogP contribution in [0, 0.1) is 5.92 Å². The summed E-state index contributed by atoms with van der Waals surface area (Å²) in [7, 11) is 1.92. The van der Waals surface area contributed by atoms with Gasteiger partial charge in [0.15, 0.2) is 0 Å². The average molecular weight is 169 g/mol. The molecule has 0 aromatic carbocycles. The van der Waals surface area contributed by atoms with Crippen LogP contribution in [0.4, 0.5) is 0 Å². The van der Waals surface area contributed by atoms with Crippen LogP contribution in [-0.2, 0) is 9.53 Å². The molecule has 1 saturated heterocycles. The number of amides is 1. The molecule has 1 aliphatic heterocycles. The van der Waals surface area contributed by atoms with E-state index in [0.717, 1.165) is 13.0 Å². The van der Waals surface area contributed by atoms with Crippen LogP contribution in [0.5, 0.6) is 0 Å². The molecule has 0 radical (unpaired) electrons. The summed E-state index contributed by atoms with van der Waals surface area (Å²) in [5.41, 5.74) is 0. The topological polar surface area (TPSA) is 29.5 Å². The third-order valence-corrected chi connectivity index (χ3v) is 2.72. The Hall–Kier alpha value is -0.570. The van der Waals surface area contributed by atoms with Crippen LogP contribution >= 0.6 is 0 Å². The van der Waals surface area contributed by atoms with Crippen molar-refractivity contribution in [3.05, 3.63) is 0 Å². The maximum Gasteiger partial charge on any atom is 0.228 e. The standard InChI is InChI=1S/C9H15NO2/c1-10(8-2-3-8)9(11)7-4-5-12-6-7/h7-8H,2-6H2,1H3. The first-order valence-electron chi connectivity index (χ1n) is 4.63. The maximum atomic E-state index is 11.7. The SMILES string of the molecule is CN(C(=O)C1CCOC1)C1CC1. The van der Waals surface area contributed by atoms with Gasteiger partial charge in [0.05, 0.1) is 12.5 Å². The van der Waals surface area contributed by atoms with E-state index in [9.17, 15) is 4.79 Å². The smallest absolute Gasteiger partial charge is 0.228 e. The van der Waals surface area contributed by atoms with E-state index in [1.807, 2.05) is 11.9 Å². The number of ether oxygens (including phenoxy) is 1. The van der Waals surface area contributed by atoms with Crippen molar-refractivity contribution in [3.8, 4) is 0 Å². The predicted molar refractivity (Wildman–Crippen MR) is 44.7 cm³/mol. The van der Waals surface area contributed by atoms with Crippen LogP contribution < -0.4 is 0 Å². The fourth-order valence-corrected chi connectivity index (χ4v) is 1.66. The summed E-state index contributed by atoms with van der Waals surface area (Å²) in [5.74, 6) is 0.436. The van der Waals surface area contributed by atoms with Crippen molar-refractivity contribution in [1.82, 2.24) is 4.90 Å². The Bertz CT molecular complexity index is 179. The lowest BCUT2D eigenvalue weighted by Crippen LogP contribution is -2.34. The van der Waals surface area contributed by atoms with E-state index in [0.29, 0.717) is 12.6 Å². The quantitative estimate of drug-likeness (QED) is 0.607. The molecule has 0 N–H and O–H groups in total. The number of rotatable bonds is 2. The second-order valence-corrected chi connectivity index (χ2v) is 3.74. The van der Waals surface area contributed by atoms with Gasteiger partial charge in [0.2, 0.25) is 5.91 Å². The number of carbonyl (C=O) groups excluding carboxylic acids is 1. The normalized spacial score (nSPS) is 28.9.